The number of rotatable bonds is 9. The molecule has 0 aliphatic heterocycles. The molecule has 0 heterocycles. The van der Waals surface area contributed by atoms with E-state index in [9.17, 15) is 0 Å². The molecule has 0 spiro atoms. The summed E-state index contributed by atoms with van der Waals surface area (Å²) in [5.41, 5.74) is 13.4. The fraction of sp³-hybridized carbons (Fsp3) is 0.200. The van der Waals surface area contributed by atoms with E-state index in [0.717, 1.165) is 17.8 Å². The molecule has 0 amide bonds. The zero-order valence-corrected chi connectivity index (χ0v) is 39.7. The smallest absolute Gasteiger partial charge is 0.179 e. The first-order chi connectivity index (χ1) is 32.9. The van der Waals surface area contributed by atoms with Gasteiger partial charge in [0.15, 0.2) is 8.07 Å². The molecule has 5 aliphatic carbocycles. The molecular weight excluding hydrogens is 823 g/mol. The Bertz CT molecular complexity index is 3150. The Labute approximate surface area is 397 Å². The van der Waals surface area contributed by atoms with E-state index < -0.39 is 8.07 Å². The third kappa shape index (κ3) is 6.47. The standard InChI is InChI=1S/C65H57NSi/c1-64(2)61-24-14-23-59(50-26-25-48-15-12-13-16-49(48)40-50)63(61)60-36-33-54(41-62(60)64)66(52-29-27-51(28-30-52)65-42-45-37-46(43-65)39-47(38-45)44-65)53-31-34-58(35-32-53)67(55-17-6-3-7-18-55,56-19-8-4-9-20-56)57-21-10-5-11-22-57/h3-36,40-41,45-47H,37-39,42-44H2,1-2H3. The Hall–Kier alpha value is -6.74. The van der Waals surface area contributed by atoms with Crippen LogP contribution < -0.4 is 25.6 Å². The summed E-state index contributed by atoms with van der Waals surface area (Å²) in [6.45, 7) is 4.85. The highest BCUT2D eigenvalue weighted by Crippen LogP contribution is 2.61. The fourth-order valence-electron chi connectivity index (χ4n) is 14.3. The zero-order valence-electron chi connectivity index (χ0n) is 38.7. The number of nitrogens with zero attached hydrogens (tertiary/aromatic N) is 1. The minimum atomic E-state index is -2.69. The lowest BCUT2D eigenvalue weighted by atomic mass is 9.48. The van der Waals surface area contributed by atoms with E-state index in [1.165, 1.54) is 120 Å². The maximum absolute atomic E-state index is 2.69. The second kappa shape index (κ2) is 15.7. The number of benzene rings is 9. The predicted molar refractivity (Wildman–Crippen MR) is 285 cm³/mol. The Morgan fingerprint density at radius 1 is 0.403 bits per heavy atom. The molecule has 0 N–H and O–H groups in total. The molecule has 14 rings (SSSR count). The second-order valence-electron chi connectivity index (χ2n) is 21.1. The average Bonchev–Trinajstić information content (AvgIpc) is 3.60. The average molecular weight is 880 g/mol. The highest BCUT2D eigenvalue weighted by atomic mass is 28.3. The van der Waals surface area contributed by atoms with Crippen molar-refractivity contribution in [2.45, 2.75) is 63.2 Å². The van der Waals surface area contributed by atoms with Crippen molar-refractivity contribution in [3.8, 4) is 22.3 Å². The summed E-state index contributed by atoms with van der Waals surface area (Å²) in [6.07, 6.45) is 8.52. The predicted octanol–water partition coefficient (Wildman–Crippen LogP) is 14.1. The number of anilines is 3. The van der Waals surface area contributed by atoms with E-state index >= 15 is 0 Å². The van der Waals surface area contributed by atoms with Gasteiger partial charge in [-0.2, -0.15) is 0 Å². The Morgan fingerprint density at radius 2 is 0.910 bits per heavy atom. The van der Waals surface area contributed by atoms with Gasteiger partial charge in [-0.1, -0.05) is 190 Å². The Kier molecular flexibility index (Phi) is 9.48. The molecule has 9 aromatic carbocycles. The quantitative estimate of drug-likeness (QED) is 0.103. The van der Waals surface area contributed by atoms with Gasteiger partial charge in [-0.25, -0.2) is 0 Å². The molecule has 67 heavy (non-hydrogen) atoms. The van der Waals surface area contributed by atoms with Gasteiger partial charge in [-0.05, 0) is 175 Å². The monoisotopic (exact) mass is 879 g/mol. The van der Waals surface area contributed by atoms with Gasteiger partial charge in [-0.15, -0.1) is 0 Å². The number of hydrogen-bond donors (Lipinski definition) is 0. The highest BCUT2D eigenvalue weighted by molar-refractivity contribution is 7.19. The van der Waals surface area contributed by atoms with Crippen LogP contribution in [0.4, 0.5) is 17.1 Å². The normalized spacial score (nSPS) is 21.0. The van der Waals surface area contributed by atoms with Crippen molar-refractivity contribution in [1.29, 1.82) is 0 Å². The van der Waals surface area contributed by atoms with Gasteiger partial charge in [0, 0.05) is 22.5 Å². The summed E-state index contributed by atoms with van der Waals surface area (Å²) in [5, 5.41) is 8.10. The maximum atomic E-state index is 2.54. The minimum Gasteiger partial charge on any atom is -0.310 e. The molecule has 2 heteroatoms. The van der Waals surface area contributed by atoms with E-state index in [4.69, 9.17) is 0 Å². The minimum absolute atomic E-state index is 0.183. The molecule has 5 aliphatic rings. The van der Waals surface area contributed by atoms with Crippen LogP contribution >= 0.6 is 0 Å². The van der Waals surface area contributed by atoms with Crippen LogP contribution in [0.25, 0.3) is 33.0 Å². The molecule has 0 radical (unpaired) electrons. The lowest BCUT2D eigenvalue weighted by Crippen LogP contribution is -2.74. The van der Waals surface area contributed by atoms with E-state index in [0.29, 0.717) is 5.41 Å². The van der Waals surface area contributed by atoms with Gasteiger partial charge in [0.2, 0.25) is 0 Å². The third-order valence-electron chi connectivity index (χ3n) is 17.0. The summed E-state index contributed by atoms with van der Waals surface area (Å²) in [6, 6.07) is 83.4. The van der Waals surface area contributed by atoms with Crippen molar-refractivity contribution in [2.75, 3.05) is 4.90 Å². The van der Waals surface area contributed by atoms with Crippen molar-refractivity contribution >= 4 is 56.7 Å². The molecule has 4 fully saturated rings. The Balaban J connectivity index is 0.958. The summed E-state index contributed by atoms with van der Waals surface area (Å²) < 4.78 is 0. The lowest BCUT2D eigenvalue weighted by Gasteiger charge is -2.57. The molecule has 0 saturated heterocycles. The molecule has 326 valence electrons. The van der Waals surface area contributed by atoms with Crippen LogP contribution in [0.3, 0.4) is 0 Å². The van der Waals surface area contributed by atoms with Crippen LogP contribution in [0.2, 0.25) is 0 Å². The van der Waals surface area contributed by atoms with Crippen molar-refractivity contribution < 1.29 is 0 Å². The van der Waals surface area contributed by atoms with Gasteiger partial charge in [-0.3, -0.25) is 0 Å². The van der Waals surface area contributed by atoms with E-state index in [-0.39, 0.29) is 5.41 Å². The van der Waals surface area contributed by atoms with Gasteiger partial charge < -0.3 is 4.90 Å². The van der Waals surface area contributed by atoms with Crippen LogP contribution in [0.1, 0.15) is 69.1 Å². The van der Waals surface area contributed by atoms with Gasteiger partial charge in [0.05, 0.1) is 0 Å². The third-order valence-corrected chi connectivity index (χ3v) is 21.8. The first-order valence-electron chi connectivity index (χ1n) is 24.8. The van der Waals surface area contributed by atoms with Crippen LogP contribution in [-0.4, -0.2) is 8.07 Å². The fourth-order valence-corrected chi connectivity index (χ4v) is 19.1. The van der Waals surface area contributed by atoms with Crippen molar-refractivity contribution in [1.82, 2.24) is 0 Å². The lowest BCUT2D eigenvalue weighted by molar-refractivity contribution is -0.00518. The molecule has 0 unspecified atom stereocenters. The number of fused-ring (bicyclic) bond motifs is 4. The molecule has 0 atom stereocenters. The van der Waals surface area contributed by atoms with Crippen LogP contribution in [0, 0.1) is 17.8 Å². The molecule has 9 aromatic rings. The highest BCUT2D eigenvalue weighted by Gasteiger charge is 2.51. The van der Waals surface area contributed by atoms with Gasteiger partial charge >= 0.3 is 0 Å². The topological polar surface area (TPSA) is 3.24 Å². The first-order valence-corrected chi connectivity index (χ1v) is 26.8. The van der Waals surface area contributed by atoms with Gasteiger partial charge in [0.25, 0.3) is 0 Å². The largest absolute Gasteiger partial charge is 0.310 e. The zero-order chi connectivity index (χ0) is 44.7. The molecule has 4 saturated carbocycles. The molecule has 0 aromatic heterocycles. The Morgan fingerprint density at radius 3 is 1.49 bits per heavy atom. The van der Waals surface area contributed by atoms with Crippen LogP contribution in [0.5, 0.6) is 0 Å². The number of hydrogen-bond acceptors (Lipinski definition) is 1. The molecule has 4 bridgehead atoms. The van der Waals surface area contributed by atoms with Crippen molar-refractivity contribution in [3.63, 3.8) is 0 Å². The van der Waals surface area contributed by atoms with E-state index in [2.05, 4.69) is 237 Å². The summed E-state index contributed by atoms with van der Waals surface area (Å²) in [4.78, 5) is 2.54. The maximum Gasteiger partial charge on any atom is 0.179 e. The summed E-state index contributed by atoms with van der Waals surface area (Å²) in [5.74, 6) is 2.75. The second-order valence-corrected chi connectivity index (χ2v) is 24.9. The van der Waals surface area contributed by atoms with E-state index in [1.54, 1.807) is 5.56 Å². The van der Waals surface area contributed by atoms with Gasteiger partial charge in [0.1, 0.15) is 0 Å². The van der Waals surface area contributed by atoms with Crippen LogP contribution in [0.15, 0.2) is 218 Å². The molecule has 1 nitrogen and oxygen atoms in total. The summed E-state index contributed by atoms with van der Waals surface area (Å²) >= 11 is 0. The molecular formula is C65H57NSi. The first kappa shape index (κ1) is 40.5. The van der Waals surface area contributed by atoms with E-state index in [1.807, 2.05) is 0 Å². The van der Waals surface area contributed by atoms with Crippen LogP contribution in [-0.2, 0) is 10.8 Å². The van der Waals surface area contributed by atoms with Crippen molar-refractivity contribution in [3.05, 3.63) is 235 Å². The SMILES string of the molecule is CC1(C)c2cc(N(c3ccc(C45CC6CC(CC(C6)C4)C5)cc3)c3ccc([Si](c4ccccc4)(c4ccccc4)c4ccccc4)cc3)ccc2-c2c(-c3ccc4ccccc4c3)cccc21. The van der Waals surface area contributed by atoms with Crippen molar-refractivity contribution in [2.24, 2.45) is 17.8 Å². The summed E-state index contributed by atoms with van der Waals surface area (Å²) in [7, 11) is -2.69.